The average Bonchev–Trinajstić information content (AvgIpc) is 2.42. The molecule has 2 N–H and O–H groups in total. The quantitative estimate of drug-likeness (QED) is 0.914. The van der Waals surface area contributed by atoms with Gasteiger partial charge in [0.1, 0.15) is 5.82 Å². The molecule has 1 saturated carbocycles. The Labute approximate surface area is 122 Å². The number of benzene rings is 1. The van der Waals surface area contributed by atoms with Gasteiger partial charge >= 0.3 is 0 Å². The molecule has 0 aromatic heterocycles. The fourth-order valence-corrected chi connectivity index (χ4v) is 3.41. The summed E-state index contributed by atoms with van der Waals surface area (Å²) in [6.07, 6.45) is 4.55. The molecule has 0 spiro atoms. The second-order valence-electron chi connectivity index (χ2n) is 6.67. The fraction of sp³-hybridized carbons (Fsp3) is 0.647. The molecule has 1 aromatic carbocycles. The van der Waals surface area contributed by atoms with Gasteiger partial charge in [-0.1, -0.05) is 19.1 Å². The van der Waals surface area contributed by atoms with Crippen LogP contribution in [0.4, 0.5) is 4.39 Å². The SMILES string of the molecule is Cc1ccc(C(N)C2(N(C)C)CCC(C)CC2)cc1F. The Bertz CT molecular complexity index is 462. The minimum atomic E-state index is -0.156. The summed E-state index contributed by atoms with van der Waals surface area (Å²) in [4.78, 5) is 2.25. The molecule has 112 valence electrons. The predicted octanol–water partition coefficient (Wildman–Crippen LogP) is 3.64. The van der Waals surface area contributed by atoms with Crippen molar-refractivity contribution in [1.29, 1.82) is 0 Å². The molecule has 0 aliphatic heterocycles. The molecule has 2 nitrogen and oxygen atoms in total. The summed E-state index contributed by atoms with van der Waals surface area (Å²) in [5.41, 5.74) is 8.11. The molecule has 3 heteroatoms. The van der Waals surface area contributed by atoms with Gasteiger partial charge in [0.05, 0.1) is 0 Å². The van der Waals surface area contributed by atoms with Crippen molar-refractivity contribution in [3.05, 3.63) is 35.1 Å². The Kier molecular flexibility index (Phi) is 4.50. The molecule has 0 radical (unpaired) electrons. The van der Waals surface area contributed by atoms with Crippen molar-refractivity contribution in [2.24, 2.45) is 11.7 Å². The lowest BCUT2D eigenvalue weighted by molar-refractivity contribution is 0.0563. The van der Waals surface area contributed by atoms with Crippen molar-refractivity contribution in [2.45, 2.75) is 51.1 Å². The van der Waals surface area contributed by atoms with Gasteiger partial charge < -0.3 is 10.6 Å². The highest BCUT2D eigenvalue weighted by molar-refractivity contribution is 5.28. The first-order chi connectivity index (χ1) is 9.36. The van der Waals surface area contributed by atoms with Crippen molar-refractivity contribution in [3.8, 4) is 0 Å². The van der Waals surface area contributed by atoms with Gasteiger partial charge in [-0.05, 0) is 69.8 Å². The maximum Gasteiger partial charge on any atom is 0.126 e. The van der Waals surface area contributed by atoms with Crippen molar-refractivity contribution >= 4 is 0 Å². The van der Waals surface area contributed by atoms with E-state index in [1.54, 1.807) is 13.0 Å². The van der Waals surface area contributed by atoms with Crippen LogP contribution in [0.1, 0.15) is 49.8 Å². The van der Waals surface area contributed by atoms with E-state index >= 15 is 0 Å². The number of likely N-dealkylation sites (N-methyl/N-ethyl adjacent to an activating group) is 1. The standard InChI is InChI=1S/C17H27FN2/c1-12-7-9-17(10-8-12,20(3)4)16(19)14-6-5-13(2)15(18)11-14/h5-6,11-12,16H,7-10,19H2,1-4H3. The van der Waals surface area contributed by atoms with E-state index in [1.165, 1.54) is 12.8 Å². The summed E-state index contributed by atoms with van der Waals surface area (Å²) in [5.74, 6) is 0.612. The summed E-state index contributed by atoms with van der Waals surface area (Å²) in [6, 6.07) is 5.29. The zero-order valence-electron chi connectivity index (χ0n) is 13.1. The third-order valence-corrected chi connectivity index (χ3v) is 5.16. The minimum Gasteiger partial charge on any atom is -0.322 e. The van der Waals surface area contributed by atoms with Gasteiger partial charge in [0, 0.05) is 11.6 Å². The Morgan fingerprint density at radius 2 is 1.90 bits per heavy atom. The van der Waals surface area contributed by atoms with E-state index in [0.29, 0.717) is 5.56 Å². The van der Waals surface area contributed by atoms with Crippen LogP contribution in [0.5, 0.6) is 0 Å². The smallest absolute Gasteiger partial charge is 0.126 e. The summed E-state index contributed by atoms with van der Waals surface area (Å²) in [5, 5.41) is 0. The Balaban J connectivity index is 2.31. The van der Waals surface area contributed by atoms with Gasteiger partial charge in [-0.3, -0.25) is 0 Å². The van der Waals surface area contributed by atoms with Crippen LogP contribution in [0.2, 0.25) is 0 Å². The normalized spacial score (nSPS) is 28.6. The maximum atomic E-state index is 13.8. The van der Waals surface area contributed by atoms with E-state index in [9.17, 15) is 4.39 Å². The van der Waals surface area contributed by atoms with Crippen molar-refractivity contribution in [3.63, 3.8) is 0 Å². The maximum absolute atomic E-state index is 13.8. The third kappa shape index (κ3) is 2.75. The summed E-state index contributed by atoms with van der Waals surface area (Å²) >= 11 is 0. The van der Waals surface area contributed by atoms with Crippen LogP contribution < -0.4 is 5.73 Å². The number of rotatable bonds is 3. The van der Waals surface area contributed by atoms with Crippen molar-refractivity contribution < 1.29 is 4.39 Å². The molecule has 0 bridgehead atoms. The number of hydrogen-bond acceptors (Lipinski definition) is 2. The molecule has 0 heterocycles. The first-order valence-electron chi connectivity index (χ1n) is 7.56. The number of nitrogens with zero attached hydrogens (tertiary/aromatic N) is 1. The van der Waals surface area contributed by atoms with Crippen LogP contribution in [0, 0.1) is 18.7 Å². The monoisotopic (exact) mass is 278 g/mol. The molecule has 1 unspecified atom stereocenters. The largest absolute Gasteiger partial charge is 0.322 e. The molecule has 1 aromatic rings. The molecular weight excluding hydrogens is 251 g/mol. The topological polar surface area (TPSA) is 29.3 Å². The number of aryl methyl sites for hydroxylation is 1. The molecule has 1 fully saturated rings. The number of halogens is 1. The lowest BCUT2D eigenvalue weighted by Crippen LogP contribution is -2.54. The summed E-state index contributed by atoms with van der Waals surface area (Å²) in [7, 11) is 4.20. The van der Waals surface area contributed by atoms with E-state index in [2.05, 4.69) is 25.9 Å². The molecule has 1 atom stereocenters. The first-order valence-corrected chi connectivity index (χ1v) is 7.56. The zero-order valence-corrected chi connectivity index (χ0v) is 13.1. The van der Waals surface area contributed by atoms with Crippen molar-refractivity contribution in [2.75, 3.05) is 14.1 Å². The second kappa shape index (κ2) is 5.82. The van der Waals surface area contributed by atoms with Crippen molar-refractivity contribution in [1.82, 2.24) is 4.90 Å². The Morgan fingerprint density at radius 3 is 2.40 bits per heavy atom. The fourth-order valence-electron chi connectivity index (χ4n) is 3.41. The van der Waals surface area contributed by atoms with E-state index in [-0.39, 0.29) is 17.4 Å². The van der Waals surface area contributed by atoms with Gasteiger partial charge in [-0.2, -0.15) is 0 Å². The number of hydrogen-bond donors (Lipinski definition) is 1. The Hall–Kier alpha value is -0.930. The molecule has 0 amide bonds. The lowest BCUT2D eigenvalue weighted by atomic mass is 9.70. The van der Waals surface area contributed by atoms with Crippen LogP contribution in [-0.4, -0.2) is 24.5 Å². The van der Waals surface area contributed by atoms with Gasteiger partial charge in [-0.15, -0.1) is 0 Å². The molecule has 20 heavy (non-hydrogen) atoms. The van der Waals surface area contributed by atoms with Crippen LogP contribution in [0.15, 0.2) is 18.2 Å². The summed E-state index contributed by atoms with van der Waals surface area (Å²) in [6.45, 7) is 4.09. The average molecular weight is 278 g/mol. The molecule has 2 rings (SSSR count). The molecule has 1 aliphatic carbocycles. The first kappa shape index (κ1) is 15.5. The van der Waals surface area contributed by atoms with E-state index in [4.69, 9.17) is 5.73 Å². The van der Waals surface area contributed by atoms with Crippen LogP contribution >= 0.6 is 0 Å². The summed E-state index contributed by atoms with van der Waals surface area (Å²) < 4.78 is 13.8. The predicted molar refractivity (Wildman–Crippen MR) is 82.1 cm³/mol. The molecule has 1 aliphatic rings. The van der Waals surface area contributed by atoms with Crippen LogP contribution in [0.3, 0.4) is 0 Å². The van der Waals surface area contributed by atoms with E-state index < -0.39 is 0 Å². The molecular formula is C17H27FN2. The number of nitrogens with two attached hydrogens (primary N) is 1. The lowest BCUT2D eigenvalue weighted by Gasteiger charge is -2.48. The van der Waals surface area contributed by atoms with Gasteiger partial charge in [0.15, 0.2) is 0 Å². The third-order valence-electron chi connectivity index (χ3n) is 5.16. The Morgan fingerprint density at radius 1 is 1.30 bits per heavy atom. The highest BCUT2D eigenvalue weighted by atomic mass is 19.1. The second-order valence-corrected chi connectivity index (χ2v) is 6.67. The van der Waals surface area contributed by atoms with Crippen LogP contribution in [-0.2, 0) is 0 Å². The van der Waals surface area contributed by atoms with Gasteiger partial charge in [-0.25, -0.2) is 4.39 Å². The van der Waals surface area contributed by atoms with E-state index in [0.717, 1.165) is 24.3 Å². The zero-order chi connectivity index (χ0) is 14.9. The van der Waals surface area contributed by atoms with Gasteiger partial charge in [0.2, 0.25) is 0 Å². The molecule has 0 saturated heterocycles. The highest BCUT2D eigenvalue weighted by Crippen LogP contribution is 2.42. The van der Waals surface area contributed by atoms with E-state index in [1.807, 2.05) is 12.1 Å². The highest BCUT2D eigenvalue weighted by Gasteiger charge is 2.42. The van der Waals surface area contributed by atoms with Gasteiger partial charge in [0.25, 0.3) is 0 Å². The minimum absolute atomic E-state index is 0.0474. The van der Waals surface area contributed by atoms with Crippen LogP contribution in [0.25, 0.3) is 0 Å².